The molecule has 3 aromatic rings. The lowest BCUT2D eigenvalue weighted by atomic mass is 10.4. The first-order chi connectivity index (χ1) is 10.1. The van der Waals surface area contributed by atoms with Crippen molar-refractivity contribution in [2.24, 2.45) is 12.9 Å². The molecule has 0 aromatic carbocycles. The molecule has 10 heteroatoms. The zero-order chi connectivity index (χ0) is 15.0. The second-order valence-electron chi connectivity index (χ2n) is 4.31. The lowest BCUT2D eigenvalue weighted by molar-refractivity contribution is 0.691. The van der Waals surface area contributed by atoms with E-state index in [0.29, 0.717) is 20.9 Å². The first-order valence-electron chi connectivity index (χ1n) is 5.95. The number of nitrogen functional groups attached to an aromatic ring is 1. The zero-order valence-electron chi connectivity index (χ0n) is 11.0. The third-order valence-corrected chi connectivity index (χ3v) is 3.69. The van der Waals surface area contributed by atoms with E-state index in [-0.39, 0.29) is 12.1 Å². The van der Waals surface area contributed by atoms with Gasteiger partial charge in [0.25, 0.3) is 5.56 Å². The van der Waals surface area contributed by atoms with Crippen molar-refractivity contribution >= 4 is 39.4 Å². The molecule has 0 amide bonds. The second kappa shape index (κ2) is 5.37. The van der Waals surface area contributed by atoms with Crippen LogP contribution in [0.5, 0.6) is 0 Å². The van der Waals surface area contributed by atoms with Gasteiger partial charge in [-0.25, -0.2) is 20.8 Å². The molecule has 3 heterocycles. The molecule has 0 saturated carbocycles. The number of nitrogens with one attached hydrogen (secondary N) is 1. The molecule has 0 aliphatic heterocycles. The minimum Gasteiger partial charge on any atom is -0.308 e. The number of hydrazine groups is 1. The summed E-state index contributed by atoms with van der Waals surface area (Å²) >= 11 is 1.94. The zero-order valence-corrected chi connectivity index (χ0v) is 13.1. The van der Waals surface area contributed by atoms with Crippen molar-refractivity contribution in [3.63, 3.8) is 0 Å². The third-order valence-electron chi connectivity index (χ3n) is 2.95. The number of nitrogens with zero attached hydrogens (tertiary/aromatic N) is 6. The fraction of sp³-hybridized carbons (Fsp3) is 0.182. The van der Waals surface area contributed by atoms with Crippen LogP contribution >= 0.6 is 22.6 Å². The van der Waals surface area contributed by atoms with Gasteiger partial charge >= 0.3 is 0 Å². The lowest BCUT2D eigenvalue weighted by Crippen LogP contribution is -2.24. The Kier molecular flexibility index (Phi) is 3.55. The van der Waals surface area contributed by atoms with Gasteiger partial charge in [-0.05, 0) is 22.6 Å². The van der Waals surface area contributed by atoms with E-state index in [1.54, 1.807) is 17.9 Å². The molecule has 108 valence electrons. The molecule has 0 aliphatic carbocycles. The van der Waals surface area contributed by atoms with Crippen LogP contribution in [-0.4, -0.2) is 29.3 Å². The van der Waals surface area contributed by atoms with Crippen LogP contribution in [0.25, 0.3) is 11.0 Å². The molecular formula is C11H11IN8O. The Morgan fingerprint density at radius 1 is 1.38 bits per heavy atom. The highest BCUT2D eigenvalue weighted by molar-refractivity contribution is 14.1. The first kappa shape index (κ1) is 13.9. The van der Waals surface area contributed by atoms with Crippen LogP contribution < -0.4 is 16.8 Å². The number of hydrogen-bond acceptors (Lipinski definition) is 7. The Balaban J connectivity index is 2.10. The van der Waals surface area contributed by atoms with Crippen LogP contribution in [-0.2, 0) is 13.6 Å². The number of aromatic nitrogens is 6. The van der Waals surface area contributed by atoms with Gasteiger partial charge in [0.15, 0.2) is 17.3 Å². The molecule has 3 N–H and O–H groups in total. The van der Waals surface area contributed by atoms with Crippen molar-refractivity contribution in [3.8, 4) is 0 Å². The van der Waals surface area contributed by atoms with Gasteiger partial charge in [-0.3, -0.25) is 14.0 Å². The molecule has 0 unspecified atom stereocenters. The van der Waals surface area contributed by atoms with Crippen molar-refractivity contribution in [3.05, 3.63) is 38.5 Å². The van der Waals surface area contributed by atoms with Gasteiger partial charge in [-0.15, -0.1) is 0 Å². The number of nitrogens with two attached hydrogens (primary N) is 1. The molecule has 21 heavy (non-hydrogen) atoms. The standard InChI is InChI=1S/C11H11IN8O/c1-19-10-6(2-15-19)9(18-13)16-8(17-10)4-20-5-14-3-7(12)11(20)21/h2-3,5H,4,13H2,1H3,(H,16,17,18). The van der Waals surface area contributed by atoms with Crippen LogP contribution in [0.2, 0.25) is 0 Å². The molecule has 3 rings (SSSR count). The maximum absolute atomic E-state index is 12.0. The largest absolute Gasteiger partial charge is 0.308 e. The van der Waals surface area contributed by atoms with E-state index >= 15 is 0 Å². The Bertz CT molecular complexity index is 870. The maximum atomic E-state index is 12.0. The van der Waals surface area contributed by atoms with Crippen molar-refractivity contribution < 1.29 is 0 Å². The first-order valence-corrected chi connectivity index (χ1v) is 7.03. The number of aryl methyl sites for hydroxylation is 1. The molecule has 3 aromatic heterocycles. The van der Waals surface area contributed by atoms with Crippen LogP contribution in [0.4, 0.5) is 5.82 Å². The molecule has 0 fully saturated rings. The van der Waals surface area contributed by atoms with Gasteiger partial charge in [-0.1, -0.05) is 0 Å². The normalized spacial score (nSPS) is 11.0. The van der Waals surface area contributed by atoms with Gasteiger partial charge in [-0.2, -0.15) is 5.10 Å². The lowest BCUT2D eigenvalue weighted by Gasteiger charge is -2.07. The van der Waals surface area contributed by atoms with Crippen molar-refractivity contribution in [1.82, 2.24) is 29.3 Å². The average Bonchev–Trinajstić information content (AvgIpc) is 2.85. The van der Waals surface area contributed by atoms with E-state index in [9.17, 15) is 4.79 Å². The van der Waals surface area contributed by atoms with Crippen molar-refractivity contribution in [2.75, 3.05) is 5.43 Å². The summed E-state index contributed by atoms with van der Waals surface area (Å²) in [5.74, 6) is 6.40. The smallest absolute Gasteiger partial charge is 0.267 e. The highest BCUT2D eigenvalue weighted by atomic mass is 127. The van der Waals surface area contributed by atoms with E-state index in [0.717, 1.165) is 5.39 Å². The minimum absolute atomic E-state index is 0.137. The summed E-state index contributed by atoms with van der Waals surface area (Å²) in [6.45, 7) is 0.207. The summed E-state index contributed by atoms with van der Waals surface area (Å²) in [6, 6.07) is 0. The van der Waals surface area contributed by atoms with E-state index in [4.69, 9.17) is 5.84 Å². The van der Waals surface area contributed by atoms with E-state index in [1.165, 1.54) is 17.1 Å². The summed E-state index contributed by atoms with van der Waals surface area (Å²) in [6.07, 6.45) is 4.60. The van der Waals surface area contributed by atoms with Crippen molar-refractivity contribution in [1.29, 1.82) is 0 Å². The average molecular weight is 398 g/mol. The number of rotatable bonds is 3. The molecule has 0 aliphatic rings. The Morgan fingerprint density at radius 2 is 2.19 bits per heavy atom. The van der Waals surface area contributed by atoms with Gasteiger partial charge in [0.1, 0.15) is 0 Å². The summed E-state index contributed by atoms with van der Waals surface area (Å²) in [5, 5.41) is 4.84. The molecule has 0 saturated heterocycles. The predicted octanol–water partition coefficient (Wildman–Crippen LogP) is -0.141. The number of hydrogen-bond donors (Lipinski definition) is 2. The van der Waals surface area contributed by atoms with Gasteiger partial charge in [0, 0.05) is 13.2 Å². The Morgan fingerprint density at radius 3 is 2.95 bits per heavy atom. The number of halogens is 1. The highest BCUT2D eigenvalue weighted by Gasteiger charge is 2.12. The van der Waals surface area contributed by atoms with Crippen LogP contribution in [0.15, 0.2) is 23.5 Å². The summed E-state index contributed by atoms with van der Waals surface area (Å²) in [5.41, 5.74) is 3.03. The number of fused-ring (bicyclic) bond motifs is 1. The quantitative estimate of drug-likeness (QED) is 0.358. The van der Waals surface area contributed by atoms with Gasteiger partial charge in [0.05, 0.1) is 28.0 Å². The van der Waals surface area contributed by atoms with Crippen LogP contribution in [0.3, 0.4) is 0 Å². The monoisotopic (exact) mass is 398 g/mol. The minimum atomic E-state index is -0.137. The SMILES string of the molecule is Cn1ncc2c(NN)nc(Cn3cncc(I)c3=O)nc21. The predicted molar refractivity (Wildman–Crippen MR) is 84.4 cm³/mol. The molecule has 0 radical (unpaired) electrons. The topological polar surface area (TPSA) is 117 Å². The van der Waals surface area contributed by atoms with Gasteiger partial charge < -0.3 is 5.43 Å². The molecular weight excluding hydrogens is 387 g/mol. The van der Waals surface area contributed by atoms with Gasteiger partial charge in [0.2, 0.25) is 0 Å². The number of anilines is 1. The fourth-order valence-corrected chi connectivity index (χ4v) is 2.41. The molecule has 9 nitrogen and oxygen atoms in total. The van der Waals surface area contributed by atoms with Crippen LogP contribution in [0.1, 0.15) is 5.82 Å². The van der Waals surface area contributed by atoms with E-state index in [1.807, 2.05) is 22.6 Å². The fourth-order valence-electron chi connectivity index (χ4n) is 1.94. The van der Waals surface area contributed by atoms with E-state index in [2.05, 4.69) is 25.5 Å². The highest BCUT2D eigenvalue weighted by Crippen LogP contribution is 2.18. The molecule has 0 atom stereocenters. The van der Waals surface area contributed by atoms with Crippen LogP contribution in [0, 0.1) is 3.57 Å². The van der Waals surface area contributed by atoms with E-state index < -0.39 is 0 Å². The second-order valence-corrected chi connectivity index (χ2v) is 5.48. The molecule has 0 spiro atoms. The summed E-state index contributed by atoms with van der Waals surface area (Å²) in [7, 11) is 1.78. The summed E-state index contributed by atoms with van der Waals surface area (Å²) < 4.78 is 3.60. The molecule has 0 bridgehead atoms. The maximum Gasteiger partial charge on any atom is 0.267 e. The third kappa shape index (κ3) is 2.47. The Hall–Kier alpha value is -2.08. The van der Waals surface area contributed by atoms with Crippen molar-refractivity contribution in [2.45, 2.75) is 6.54 Å². The Labute approximate surface area is 132 Å². The summed E-state index contributed by atoms with van der Waals surface area (Å²) in [4.78, 5) is 24.7.